The highest BCUT2D eigenvalue weighted by Crippen LogP contribution is 2.29. The molecule has 0 spiro atoms. The topological polar surface area (TPSA) is 62.6 Å². The zero-order valence-electron chi connectivity index (χ0n) is 18.1. The molecule has 0 N–H and O–H groups in total. The highest BCUT2D eigenvalue weighted by atomic mass is 16.5. The van der Waals surface area contributed by atoms with Gasteiger partial charge in [0, 0.05) is 18.3 Å². The van der Waals surface area contributed by atoms with Gasteiger partial charge >= 0.3 is 6.09 Å². The molecule has 0 fully saturated rings. The van der Waals surface area contributed by atoms with Gasteiger partial charge < -0.3 is 14.2 Å². The fourth-order valence-electron chi connectivity index (χ4n) is 3.46. The zero-order valence-corrected chi connectivity index (χ0v) is 18.1. The quantitative estimate of drug-likeness (QED) is 0.535. The van der Waals surface area contributed by atoms with Crippen LogP contribution in [0.1, 0.15) is 47.8 Å². The summed E-state index contributed by atoms with van der Waals surface area (Å²) >= 11 is 0. The van der Waals surface area contributed by atoms with Crippen molar-refractivity contribution in [2.24, 2.45) is 0 Å². The summed E-state index contributed by atoms with van der Waals surface area (Å²) in [6, 6.07) is 11.7. The van der Waals surface area contributed by atoms with Gasteiger partial charge in [0.05, 0.1) is 13.7 Å². The molecule has 6 nitrogen and oxygen atoms in total. The van der Waals surface area contributed by atoms with Crippen LogP contribution in [-0.4, -0.2) is 29.4 Å². The van der Waals surface area contributed by atoms with Crippen molar-refractivity contribution in [3.8, 4) is 11.5 Å². The van der Waals surface area contributed by atoms with E-state index in [2.05, 4.69) is 31.0 Å². The smallest absolute Gasteiger partial charge is 0.419 e. The van der Waals surface area contributed by atoms with Crippen molar-refractivity contribution in [2.45, 2.75) is 40.2 Å². The molecule has 0 radical (unpaired) electrons. The standard InChI is InChI=1S/C24H28N2O4/c1-6-29-21-11-10-19(14-22(21)28-5)15-30-24(27)26-13-12-25-23(26)18(4)20-9-7-8-16(2)17(20)3/h7-14,18H,6,15H2,1-5H3/t18-/m0/s1. The second-order valence-corrected chi connectivity index (χ2v) is 7.14. The van der Waals surface area contributed by atoms with E-state index in [1.807, 2.05) is 38.1 Å². The van der Waals surface area contributed by atoms with Gasteiger partial charge in [-0.3, -0.25) is 0 Å². The lowest BCUT2D eigenvalue weighted by molar-refractivity contribution is 0.140. The number of rotatable bonds is 7. The molecule has 158 valence electrons. The Labute approximate surface area is 177 Å². The van der Waals surface area contributed by atoms with Crippen LogP contribution in [0.2, 0.25) is 0 Å². The van der Waals surface area contributed by atoms with Crippen LogP contribution in [0.3, 0.4) is 0 Å². The molecule has 0 bridgehead atoms. The second-order valence-electron chi connectivity index (χ2n) is 7.14. The third kappa shape index (κ3) is 4.48. The summed E-state index contributed by atoms with van der Waals surface area (Å²) in [5.74, 6) is 1.88. The number of methoxy groups -OCH3 is 1. The number of benzene rings is 2. The van der Waals surface area contributed by atoms with Crippen LogP contribution in [0.4, 0.5) is 4.79 Å². The highest BCUT2D eigenvalue weighted by Gasteiger charge is 2.21. The number of carbonyl (C=O) groups is 1. The lowest BCUT2D eigenvalue weighted by Crippen LogP contribution is -2.18. The van der Waals surface area contributed by atoms with Gasteiger partial charge in [0.2, 0.25) is 0 Å². The Morgan fingerprint density at radius 2 is 1.97 bits per heavy atom. The Bertz CT molecular complexity index is 1030. The fraction of sp³-hybridized carbons (Fsp3) is 0.333. The molecule has 0 unspecified atom stereocenters. The number of aryl methyl sites for hydroxylation is 1. The van der Waals surface area contributed by atoms with Crippen molar-refractivity contribution < 1.29 is 19.0 Å². The number of hydrogen-bond acceptors (Lipinski definition) is 5. The van der Waals surface area contributed by atoms with Crippen LogP contribution >= 0.6 is 0 Å². The van der Waals surface area contributed by atoms with E-state index in [9.17, 15) is 4.79 Å². The number of nitrogens with zero attached hydrogens (tertiary/aromatic N) is 2. The Hall–Kier alpha value is -3.28. The summed E-state index contributed by atoms with van der Waals surface area (Å²) < 4.78 is 17.9. The Balaban J connectivity index is 1.75. The summed E-state index contributed by atoms with van der Waals surface area (Å²) in [7, 11) is 1.58. The summed E-state index contributed by atoms with van der Waals surface area (Å²) in [6.07, 6.45) is 2.79. The summed E-state index contributed by atoms with van der Waals surface area (Å²) in [5, 5.41) is 0. The molecule has 3 aromatic rings. The molecule has 3 rings (SSSR count). The minimum atomic E-state index is -0.465. The predicted molar refractivity (Wildman–Crippen MR) is 115 cm³/mol. The molecule has 1 aromatic heterocycles. The zero-order chi connectivity index (χ0) is 21.7. The number of aromatic nitrogens is 2. The maximum atomic E-state index is 12.8. The van der Waals surface area contributed by atoms with Gasteiger partial charge in [-0.15, -0.1) is 0 Å². The Kier molecular flexibility index (Phi) is 6.77. The number of ether oxygens (including phenoxy) is 3. The normalized spacial score (nSPS) is 11.8. The van der Waals surface area contributed by atoms with Crippen LogP contribution in [0, 0.1) is 13.8 Å². The number of carbonyl (C=O) groups excluding carboxylic acids is 1. The van der Waals surface area contributed by atoms with Crippen LogP contribution in [0.5, 0.6) is 11.5 Å². The van der Waals surface area contributed by atoms with Crippen molar-refractivity contribution in [2.75, 3.05) is 13.7 Å². The van der Waals surface area contributed by atoms with Gasteiger partial charge in [-0.05, 0) is 55.2 Å². The molecular weight excluding hydrogens is 380 g/mol. The average Bonchev–Trinajstić information content (AvgIpc) is 3.24. The van der Waals surface area contributed by atoms with Gasteiger partial charge in [-0.25, -0.2) is 14.3 Å². The maximum absolute atomic E-state index is 12.8. The van der Waals surface area contributed by atoms with E-state index >= 15 is 0 Å². The molecule has 2 aromatic carbocycles. The van der Waals surface area contributed by atoms with E-state index in [4.69, 9.17) is 14.2 Å². The third-order valence-electron chi connectivity index (χ3n) is 5.26. The average molecular weight is 408 g/mol. The van der Waals surface area contributed by atoms with Gasteiger partial charge in [0.15, 0.2) is 11.5 Å². The summed E-state index contributed by atoms with van der Waals surface area (Å²) in [5.41, 5.74) is 4.37. The first kappa shape index (κ1) is 21.4. The molecule has 0 aliphatic heterocycles. The first-order valence-corrected chi connectivity index (χ1v) is 10.0. The summed E-state index contributed by atoms with van der Waals surface area (Å²) in [4.78, 5) is 17.2. The first-order chi connectivity index (χ1) is 14.5. The third-order valence-corrected chi connectivity index (χ3v) is 5.26. The van der Waals surface area contributed by atoms with Crippen molar-refractivity contribution in [3.63, 3.8) is 0 Å². The molecule has 30 heavy (non-hydrogen) atoms. The van der Waals surface area contributed by atoms with Crippen LogP contribution < -0.4 is 9.47 Å². The largest absolute Gasteiger partial charge is 0.493 e. The van der Waals surface area contributed by atoms with E-state index in [0.717, 1.165) is 11.1 Å². The van der Waals surface area contributed by atoms with E-state index in [-0.39, 0.29) is 12.5 Å². The highest BCUT2D eigenvalue weighted by molar-refractivity contribution is 5.71. The molecule has 0 aliphatic rings. The molecule has 6 heteroatoms. The van der Waals surface area contributed by atoms with Gasteiger partial charge in [-0.1, -0.05) is 31.2 Å². The lowest BCUT2D eigenvalue weighted by atomic mass is 9.93. The van der Waals surface area contributed by atoms with Crippen molar-refractivity contribution in [1.29, 1.82) is 0 Å². The monoisotopic (exact) mass is 408 g/mol. The molecular formula is C24H28N2O4. The van der Waals surface area contributed by atoms with E-state index in [0.29, 0.717) is 23.9 Å². The van der Waals surface area contributed by atoms with Gasteiger partial charge in [0.1, 0.15) is 12.4 Å². The Morgan fingerprint density at radius 1 is 1.17 bits per heavy atom. The van der Waals surface area contributed by atoms with E-state index in [1.54, 1.807) is 19.5 Å². The second kappa shape index (κ2) is 9.48. The lowest BCUT2D eigenvalue weighted by Gasteiger charge is -2.17. The van der Waals surface area contributed by atoms with Crippen LogP contribution in [0.15, 0.2) is 48.8 Å². The van der Waals surface area contributed by atoms with Crippen LogP contribution in [-0.2, 0) is 11.3 Å². The minimum absolute atomic E-state index is 0.0435. The van der Waals surface area contributed by atoms with E-state index in [1.165, 1.54) is 15.7 Å². The van der Waals surface area contributed by atoms with Crippen molar-refractivity contribution >= 4 is 6.09 Å². The van der Waals surface area contributed by atoms with Crippen molar-refractivity contribution in [1.82, 2.24) is 9.55 Å². The SMILES string of the molecule is CCOc1ccc(COC(=O)n2ccnc2[C@@H](C)c2cccc(C)c2C)cc1OC. The molecule has 1 heterocycles. The fourth-order valence-corrected chi connectivity index (χ4v) is 3.46. The van der Waals surface area contributed by atoms with E-state index < -0.39 is 6.09 Å². The minimum Gasteiger partial charge on any atom is -0.493 e. The molecule has 0 amide bonds. The summed E-state index contributed by atoms with van der Waals surface area (Å²) in [6.45, 7) is 8.80. The van der Waals surface area contributed by atoms with Gasteiger partial charge in [-0.2, -0.15) is 0 Å². The van der Waals surface area contributed by atoms with Gasteiger partial charge in [0.25, 0.3) is 0 Å². The van der Waals surface area contributed by atoms with Crippen LogP contribution in [0.25, 0.3) is 0 Å². The van der Waals surface area contributed by atoms with Crippen molar-refractivity contribution in [3.05, 3.63) is 76.9 Å². The number of hydrogen-bond donors (Lipinski definition) is 0. The Morgan fingerprint density at radius 3 is 2.70 bits per heavy atom. The molecule has 0 aliphatic carbocycles. The first-order valence-electron chi connectivity index (χ1n) is 10.0. The predicted octanol–water partition coefficient (Wildman–Crippen LogP) is 5.24. The molecule has 0 saturated carbocycles. The number of imidazole rings is 1. The molecule has 0 saturated heterocycles. The maximum Gasteiger partial charge on any atom is 0.419 e. The molecule has 1 atom stereocenters.